The first-order valence-electron chi connectivity index (χ1n) is 6.84. The molecule has 3 nitrogen and oxygen atoms in total. The van der Waals surface area contributed by atoms with Gasteiger partial charge in [-0.2, -0.15) is 5.26 Å². The Balaban J connectivity index is 2.03. The third kappa shape index (κ3) is 3.76. The van der Waals surface area contributed by atoms with Gasteiger partial charge in [-0.15, -0.1) is 0 Å². The zero-order chi connectivity index (χ0) is 13.7. The Kier molecular flexibility index (Phi) is 4.89. The molecule has 0 bridgehead atoms. The quantitative estimate of drug-likeness (QED) is 0.904. The van der Waals surface area contributed by atoms with Crippen LogP contribution in [0.25, 0.3) is 0 Å². The molecule has 0 aromatic heterocycles. The van der Waals surface area contributed by atoms with E-state index in [-0.39, 0.29) is 5.82 Å². The molecule has 0 saturated carbocycles. The summed E-state index contributed by atoms with van der Waals surface area (Å²) in [7, 11) is 0. The maximum atomic E-state index is 13.1. The number of nitrogens with two attached hydrogens (primary N) is 1. The Bertz CT molecular complexity index is 465. The van der Waals surface area contributed by atoms with E-state index < -0.39 is 0 Å². The van der Waals surface area contributed by atoms with Gasteiger partial charge in [0, 0.05) is 13.1 Å². The molecular weight excluding hydrogens is 241 g/mol. The normalized spacial score (nSPS) is 20.2. The highest BCUT2D eigenvalue weighted by atomic mass is 19.1. The van der Waals surface area contributed by atoms with Crippen molar-refractivity contribution in [1.29, 1.82) is 5.26 Å². The second-order valence-corrected chi connectivity index (χ2v) is 5.23. The number of halogens is 1. The molecule has 1 aliphatic rings. The molecule has 2 N–H and O–H groups in total. The van der Waals surface area contributed by atoms with Crippen molar-refractivity contribution in [1.82, 2.24) is 4.90 Å². The van der Waals surface area contributed by atoms with Gasteiger partial charge in [0.2, 0.25) is 0 Å². The Labute approximate surface area is 113 Å². The molecule has 1 aromatic rings. The Morgan fingerprint density at radius 1 is 1.47 bits per heavy atom. The van der Waals surface area contributed by atoms with Crippen molar-refractivity contribution in [2.24, 2.45) is 11.7 Å². The first-order valence-corrected chi connectivity index (χ1v) is 6.84. The maximum absolute atomic E-state index is 13.1. The summed E-state index contributed by atoms with van der Waals surface area (Å²) < 4.78 is 13.1. The fraction of sp³-hybridized carbons (Fsp3) is 0.533. The van der Waals surface area contributed by atoms with E-state index in [2.05, 4.69) is 11.0 Å². The van der Waals surface area contributed by atoms with Gasteiger partial charge in [0.15, 0.2) is 0 Å². The highest BCUT2D eigenvalue weighted by Crippen LogP contribution is 2.22. The van der Waals surface area contributed by atoms with Crippen LogP contribution in [0.15, 0.2) is 18.2 Å². The average Bonchev–Trinajstić information content (AvgIpc) is 2.41. The lowest BCUT2D eigenvalue weighted by atomic mass is 9.94. The Morgan fingerprint density at radius 2 is 2.32 bits per heavy atom. The fourth-order valence-corrected chi connectivity index (χ4v) is 2.80. The lowest BCUT2D eigenvalue weighted by Gasteiger charge is -2.32. The molecule has 1 heterocycles. The van der Waals surface area contributed by atoms with Gasteiger partial charge >= 0.3 is 0 Å². The van der Waals surface area contributed by atoms with Crippen LogP contribution >= 0.6 is 0 Å². The minimum absolute atomic E-state index is 0.347. The van der Waals surface area contributed by atoms with Crippen molar-refractivity contribution in [2.75, 3.05) is 19.6 Å². The second kappa shape index (κ2) is 6.65. The number of benzene rings is 1. The van der Waals surface area contributed by atoms with E-state index in [1.165, 1.54) is 25.0 Å². The maximum Gasteiger partial charge on any atom is 0.124 e. The van der Waals surface area contributed by atoms with E-state index in [0.29, 0.717) is 11.5 Å². The van der Waals surface area contributed by atoms with Crippen molar-refractivity contribution < 1.29 is 4.39 Å². The van der Waals surface area contributed by atoms with E-state index in [1.54, 1.807) is 6.07 Å². The van der Waals surface area contributed by atoms with Crippen LogP contribution in [0.3, 0.4) is 0 Å². The van der Waals surface area contributed by atoms with Crippen LogP contribution in [0.2, 0.25) is 0 Å². The molecule has 19 heavy (non-hydrogen) atoms. The van der Waals surface area contributed by atoms with Crippen LogP contribution in [0.1, 0.15) is 30.4 Å². The lowest BCUT2D eigenvalue weighted by molar-refractivity contribution is 0.163. The zero-order valence-corrected chi connectivity index (χ0v) is 11.1. The summed E-state index contributed by atoms with van der Waals surface area (Å²) in [6.07, 6.45) is 3.47. The molecule has 1 fully saturated rings. The molecule has 1 unspecified atom stereocenters. The minimum atomic E-state index is -0.347. The van der Waals surface area contributed by atoms with Crippen LogP contribution < -0.4 is 5.73 Å². The van der Waals surface area contributed by atoms with Gasteiger partial charge in [-0.05, 0) is 56.0 Å². The number of likely N-dealkylation sites (tertiary alicyclic amines) is 1. The van der Waals surface area contributed by atoms with Gasteiger partial charge in [-0.25, -0.2) is 4.39 Å². The van der Waals surface area contributed by atoms with Crippen molar-refractivity contribution in [3.05, 3.63) is 35.1 Å². The monoisotopic (exact) mass is 261 g/mol. The predicted octanol–water partition coefficient (Wildman–Crippen LogP) is 2.26. The van der Waals surface area contributed by atoms with Crippen molar-refractivity contribution in [3.63, 3.8) is 0 Å². The highest BCUT2D eigenvalue weighted by molar-refractivity contribution is 5.37. The summed E-state index contributed by atoms with van der Waals surface area (Å²) in [4.78, 5) is 2.35. The number of hydrogen-bond acceptors (Lipinski definition) is 3. The van der Waals surface area contributed by atoms with Crippen LogP contribution in [-0.2, 0) is 6.54 Å². The molecule has 0 amide bonds. The lowest BCUT2D eigenvalue weighted by Crippen LogP contribution is -2.35. The molecular formula is C15H20FN3. The van der Waals surface area contributed by atoms with Crippen LogP contribution in [0, 0.1) is 23.1 Å². The summed E-state index contributed by atoms with van der Waals surface area (Å²) in [6, 6.07) is 6.54. The van der Waals surface area contributed by atoms with Gasteiger partial charge in [0.25, 0.3) is 0 Å². The first kappa shape index (κ1) is 14.0. The number of nitrogens with zero attached hydrogens (tertiary/aromatic N) is 2. The second-order valence-electron chi connectivity index (χ2n) is 5.23. The molecule has 1 atom stereocenters. The summed E-state index contributed by atoms with van der Waals surface area (Å²) in [5.74, 6) is 0.310. The number of rotatable bonds is 4. The third-order valence-corrected chi connectivity index (χ3v) is 3.76. The summed E-state index contributed by atoms with van der Waals surface area (Å²) in [6.45, 7) is 3.53. The zero-order valence-electron chi connectivity index (χ0n) is 11.1. The van der Waals surface area contributed by atoms with Gasteiger partial charge < -0.3 is 5.73 Å². The molecule has 0 aliphatic carbocycles. The summed E-state index contributed by atoms with van der Waals surface area (Å²) in [5.41, 5.74) is 6.98. The molecule has 4 heteroatoms. The molecule has 1 aliphatic heterocycles. The van der Waals surface area contributed by atoms with Gasteiger partial charge in [0.1, 0.15) is 5.82 Å². The SMILES string of the molecule is N#Cc1cc(F)ccc1CN1CCCC(CCN)C1. The van der Waals surface area contributed by atoms with Crippen molar-refractivity contribution in [2.45, 2.75) is 25.8 Å². The van der Waals surface area contributed by atoms with E-state index in [1.807, 2.05) is 0 Å². The molecule has 0 radical (unpaired) electrons. The van der Waals surface area contributed by atoms with Gasteiger partial charge in [0.05, 0.1) is 11.6 Å². The van der Waals surface area contributed by atoms with Crippen molar-refractivity contribution >= 4 is 0 Å². The minimum Gasteiger partial charge on any atom is -0.330 e. The Morgan fingerprint density at radius 3 is 3.05 bits per heavy atom. The van der Waals surface area contributed by atoms with Crippen LogP contribution in [0.5, 0.6) is 0 Å². The predicted molar refractivity (Wildman–Crippen MR) is 72.8 cm³/mol. The summed E-state index contributed by atoms with van der Waals surface area (Å²) in [5, 5.41) is 9.06. The molecule has 2 rings (SSSR count). The molecule has 1 saturated heterocycles. The van der Waals surface area contributed by atoms with E-state index in [0.717, 1.165) is 38.2 Å². The Hall–Kier alpha value is -1.44. The third-order valence-electron chi connectivity index (χ3n) is 3.76. The first-order chi connectivity index (χ1) is 9.22. The van der Waals surface area contributed by atoms with Gasteiger partial charge in [-0.1, -0.05) is 6.07 Å². The number of piperidine rings is 1. The van der Waals surface area contributed by atoms with E-state index in [4.69, 9.17) is 11.0 Å². The highest BCUT2D eigenvalue weighted by Gasteiger charge is 2.20. The largest absolute Gasteiger partial charge is 0.330 e. The molecule has 0 spiro atoms. The fourth-order valence-electron chi connectivity index (χ4n) is 2.80. The van der Waals surface area contributed by atoms with Crippen molar-refractivity contribution in [3.8, 4) is 6.07 Å². The van der Waals surface area contributed by atoms with Crippen LogP contribution in [0.4, 0.5) is 4.39 Å². The average molecular weight is 261 g/mol. The number of nitriles is 1. The van der Waals surface area contributed by atoms with E-state index in [9.17, 15) is 4.39 Å². The number of hydrogen-bond donors (Lipinski definition) is 1. The van der Waals surface area contributed by atoms with E-state index >= 15 is 0 Å². The molecule has 1 aromatic carbocycles. The van der Waals surface area contributed by atoms with Gasteiger partial charge in [-0.3, -0.25) is 4.90 Å². The standard InChI is InChI=1S/C15H20FN3/c16-15-4-3-13(14(8-15)9-18)11-19-7-1-2-12(10-19)5-6-17/h3-4,8,12H,1-2,5-7,10-11,17H2. The molecule has 102 valence electrons. The topological polar surface area (TPSA) is 53.0 Å². The van der Waals surface area contributed by atoms with Crippen LogP contribution in [-0.4, -0.2) is 24.5 Å². The summed E-state index contributed by atoms with van der Waals surface area (Å²) >= 11 is 0. The smallest absolute Gasteiger partial charge is 0.124 e.